The highest BCUT2D eigenvalue weighted by Gasteiger charge is 2.32. The van der Waals surface area contributed by atoms with Gasteiger partial charge in [-0.2, -0.15) is 0 Å². The molecule has 1 N–H and O–H groups in total. The molecule has 0 spiro atoms. The Balaban J connectivity index is 1.50. The van der Waals surface area contributed by atoms with Gasteiger partial charge in [0.05, 0.1) is 19.3 Å². The zero-order valence-electron chi connectivity index (χ0n) is 15.4. The number of amides is 2. The third-order valence-corrected chi connectivity index (χ3v) is 5.25. The quantitative estimate of drug-likeness (QED) is 0.868. The summed E-state index contributed by atoms with van der Waals surface area (Å²) >= 11 is 0. The second-order valence-electron chi connectivity index (χ2n) is 7.09. The molecule has 3 rings (SSSR count). The highest BCUT2D eigenvalue weighted by atomic mass is 16.5. The summed E-state index contributed by atoms with van der Waals surface area (Å²) in [5.74, 6) is 0.138. The summed E-state index contributed by atoms with van der Waals surface area (Å²) in [5, 5.41) is 3.17. The van der Waals surface area contributed by atoms with Crippen LogP contribution in [-0.4, -0.2) is 55.2 Å². The number of carbonyl (C=O) groups is 2. The van der Waals surface area contributed by atoms with E-state index in [0.717, 1.165) is 24.8 Å². The van der Waals surface area contributed by atoms with E-state index in [-0.39, 0.29) is 29.9 Å². The Kier molecular flexibility index (Phi) is 6.63. The summed E-state index contributed by atoms with van der Waals surface area (Å²) in [6.45, 7) is 4.55. The highest BCUT2D eigenvalue weighted by Crippen LogP contribution is 2.20. The summed E-state index contributed by atoms with van der Waals surface area (Å²) in [5.41, 5.74) is 1.11. The van der Waals surface area contributed by atoms with Crippen LogP contribution in [0.25, 0.3) is 0 Å². The second-order valence-corrected chi connectivity index (χ2v) is 7.09. The fraction of sp³-hybridized carbons (Fsp3) is 0.600. The van der Waals surface area contributed by atoms with Gasteiger partial charge in [0.2, 0.25) is 11.8 Å². The van der Waals surface area contributed by atoms with E-state index in [4.69, 9.17) is 9.47 Å². The standard InChI is InChI=1S/C20H28N2O4/c1-15(23)22-10-7-17(8-11-22)20(24)21-18-9-12-25-14-19(18)26-13-16-5-3-2-4-6-16/h2-6,17-19H,7-14H2,1H3,(H,21,24)/t18-,19-/m1/s1. The van der Waals surface area contributed by atoms with Crippen LogP contribution in [0.1, 0.15) is 31.7 Å². The van der Waals surface area contributed by atoms with E-state index in [1.165, 1.54) is 0 Å². The van der Waals surface area contributed by atoms with E-state index < -0.39 is 0 Å². The normalized spacial score (nSPS) is 24.3. The molecular weight excluding hydrogens is 332 g/mol. The first-order valence-electron chi connectivity index (χ1n) is 9.42. The summed E-state index contributed by atoms with van der Waals surface area (Å²) in [7, 11) is 0. The Morgan fingerprint density at radius 2 is 1.92 bits per heavy atom. The van der Waals surface area contributed by atoms with Crippen molar-refractivity contribution in [2.45, 2.75) is 44.9 Å². The first-order chi connectivity index (χ1) is 12.6. The number of piperidine rings is 1. The Hall–Kier alpha value is -1.92. The molecule has 0 saturated carbocycles. The minimum absolute atomic E-state index is 0.0224. The minimum Gasteiger partial charge on any atom is -0.379 e. The molecule has 0 aromatic heterocycles. The van der Waals surface area contributed by atoms with Gasteiger partial charge in [-0.1, -0.05) is 30.3 Å². The first-order valence-corrected chi connectivity index (χ1v) is 9.42. The maximum atomic E-state index is 12.7. The highest BCUT2D eigenvalue weighted by molar-refractivity contribution is 5.80. The van der Waals surface area contributed by atoms with Crippen molar-refractivity contribution in [3.8, 4) is 0 Å². The van der Waals surface area contributed by atoms with Gasteiger partial charge >= 0.3 is 0 Å². The van der Waals surface area contributed by atoms with Crippen LogP contribution in [0.15, 0.2) is 30.3 Å². The maximum absolute atomic E-state index is 12.7. The third-order valence-electron chi connectivity index (χ3n) is 5.25. The molecule has 2 amide bonds. The Labute approximate surface area is 154 Å². The minimum atomic E-state index is -0.134. The summed E-state index contributed by atoms with van der Waals surface area (Å²) < 4.78 is 11.6. The average Bonchev–Trinajstić information content (AvgIpc) is 2.68. The Morgan fingerprint density at radius 1 is 1.19 bits per heavy atom. The molecule has 2 fully saturated rings. The number of benzene rings is 1. The van der Waals surface area contributed by atoms with Crippen LogP contribution in [0.5, 0.6) is 0 Å². The zero-order chi connectivity index (χ0) is 18.4. The number of nitrogens with one attached hydrogen (secondary N) is 1. The smallest absolute Gasteiger partial charge is 0.223 e. The summed E-state index contributed by atoms with van der Waals surface area (Å²) in [4.78, 5) is 25.9. The van der Waals surface area contributed by atoms with Crippen LogP contribution in [0.4, 0.5) is 0 Å². The van der Waals surface area contributed by atoms with E-state index in [9.17, 15) is 9.59 Å². The van der Waals surface area contributed by atoms with Crippen molar-refractivity contribution in [2.75, 3.05) is 26.3 Å². The molecule has 0 aliphatic carbocycles. The number of hydrogen-bond donors (Lipinski definition) is 1. The van der Waals surface area contributed by atoms with Gasteiger partial charge in [0.1, 0.15) is 6.10 Å². The molecule has 1 aromatic rings. The third kappa shape index (κ3) is 5.05. The van der Waals surface area contributed by atoms with Crippen molar-refractivity contribution < 1.29 is 19.1 Å². The van der Waals surface area contributed by atoms with Crippen LogP contribution in [0, 0.1) is 5.92 Å². The SMILES string of the molecule is CC(=O)N1CCC(C(=O)N[C@@H]2CCOC[C@H]2OCc2ccccc2)CC1. The maximum Gasteiger partial charge on any atom is 0.223 e. The molecule has 2 saturated heterocycles. The number of rotatable bonds is 5. The number of ether oxygens (including phenoxy) is 2. The summed E-state index contributed by atoms with van der Waals surface area (Å²) in [6, 6.07) is 9.99. The topological polar surface area (TPSA) is 67.9 Å². The van der Waals surface area contributed by atoms with Crippen LogP contribution in [-0.2, 0) is 25.7 Å². The molecule has 2 heterocycles. The van der Waals surface area contributed by atoms with Gasteiger partial charge in [-0.3, -0.25) is 9.59 Å². The molecule has 2 aliphatic rings. The number of carbonyl (C=O) groups excluding carboxylic acids is 2. The van der Waals surface area contributed by atoms with Crippen molar-refractivity contribution in [1.82, 2.24) is 10.2 Å². The lowest BCUT2D eigenvalue weighted by Crippen LogP contribution is -2.52. The van der Waals surface area contributed by atoms with Crippen molar-refractivity contribution in [2.24, 2.45) is 5.92 Å². The Bertz CT molecular complexity index is 599. The van der Waals surface area contributed by atoms with E-state index >= 15 is 0 Å². The number of hydrogen-bond acceptors (Lipinski definition) is 4. The van der Waals surface area contributed by atoms with Crippen molar-refractivity contribution in [3.05, 3.63) is 35.9 Å². The molecule has 1 aromatic carbocycles. The molecular formula is C20H28N2O4. The number of nitrogens with zero attached hydrogens (tertiary/aromatic N) is 1. The molecule has 6 heteroatoms. The zero-order valence-corrected chi connectivity index (χ0v) is 15.4. The largest absolute Gasteiger partial charge is 0.379 e. The predicted octanol–water partition coefficient (Wildman–Crippen LogP) is 1.74. The van der Waals surface area contributed by atoms with Crippen LogP contribution in [0.3, 0.4) is 0 Å². The van der Waals surface area contributed by atoms with Crippen molar-refractivity contribution in [3.63, 3.8) is 0 Å². The monoisotopic (exact) mass is 360 g/mol. The van der Waals surface area contributed by atoms with Crippen LogP contribution >= 0.6 is 0 Å². The second kappa shape index (κ2) is 9.14. The van der Waals surface area contributed by atoms with Gasteiger partial charge in [-0.05, 0) is 24.8 Å². The molecule has 142 valence electrons. The van der Waals surface area contributed by atoms with Crippen molar-refractivity contribution in [1.29, 1.82) is 0 Å². The Morgan fingerprint density at radius 3 is 2.62 bits per heavy atom. The predicted molar refractivity (Wildman–Crippen MR) is 97.4 cm³/mol. The molecule has 2 aliphatic heterocycles. The van der Waals surface area contributed by atoms with Gasteiger partial charge in [-0.25, -0.2) is 0 Å². The molecule has 2 atom stereocenters. The van der Waals surface area contributed by atoms with Gasteiger partial charge in [0.25, 0.3) is 0 Å². The molecule has 6 nitrogen and oxygen atoms in total. The molecule has 0 radical (unpaired) electrons. The van der Waals surface area contributed by atoms with Gasteiger partial charge in [-0.15, -0.1) is 0 Å². The van der Waals surface area contributed by atoms with Gasteiger partial charge in [0.15, 0.2) is 0 Å². The fourth-order valence-electron chi connectivity index (χ4n) is 3.58. The molecule has 26 heavy (non-hydrogen) atoms. The average molecular weight is 360 g/mol. The van der Waals surface area contributed by atoms with Crippen molar-refractivity contribution >= 4 is 11.8 Å². The lowest BCUT2D eigenvalue weighted by atomic mass is 9.94. The first kappa shape index (κ1) is 18.9. The van der Waals surface area contributed by atoms with Gasteiger partial charge in [0, 0.05) is 32.5 Å². The number of likely N-dealkylation sites (tertiary alicyclic amines) is 1. The van der Waals surface area contributed by atoms with Crippen LogP contribution in [0.2, 0.25) is 0 Å². The fourth-order valence-corrected chi connectivity index (χ4v) is 3.58. The molecule has 0 unspecified atom stereocenters. The lowest BCUT2D eigenvalue weighted by Gasteiger charge is -2.35. The van der Waals surface area contributed by atoms with Gasteiger partial charge < -0.3 is 19.7 Å². The summed E-state index contributed by atoms with van der Waals surface area (Å²) in [6.07, 6.45) is 2.08. The van der Waals surface area contributed by atoms with E-state index in [2.05, 4.69) is 5.32 Å². The van der Waals surface area contributed by atoms with E-state index in [0.29, 0.717) is 32.9 Å². The molecule has 0 bridgehead atoms. The van der Waals surface area contributed by atoms with E-state index in [1.807, 2.05) is 35.2 Å². The lowest BCUT2D eigenvalue weighted by molar-refractivity contribution is -0.136. The van der Waals surface area contributed by atoms with Crippen LogP contribution < -0.4 is 5.32 Å². The van der Waals surface area contributed by atoms with E-state index in [1.54, 1.807) is 6.92 Å².